The van der Waals surface area contributed by atoms with Crippen LogP contribution < -0.4 is 19.1 Å². The molecular formula is C27H32N2O5S. The molecule has 3 rings (SSSR count). The molecule has 0 saturated carbocycles. The number of carbonyl (C=O) groups excluding carboxylic acids is 1. The number of hydrogen-bond donors (Lipinski definition) is 1. The lowest BCUT2D eigenvalue weighted by Gasteiger charge is -2.23. The fraction of sp³-hybridized carbons (Fsp3) is 0.296. The number of hydrogen-bond acceptors (Lipinski definition) is 5. The van der Waals surface area contributed by atoms with E-state index in [1.165, 1.54) is 10.6 Å². The SMILES string of the molecule is COc1ccc(OC)c(C(C)NC(=O)c2ccc(CN(c3cc(C)cc(C)c3)S(C)(=O)=O)cc2)c1. The molecule has 1 unspecified atom stereocenters. The first-order valence-electron chi connectivity index (χ1n) is 11.2. The molecule has 0 spiro atoms. The Balaban J connectivity index is 1.77. The topological polar surface area (TPSA) is 84.9 Å². The minimum atomic E-state index is -3.50. The van der Waals surface area contributed by atoms with E-state index < -0.39 is 10.0 Å². The van der Waals surface area contributed by atoms with Gasteiger partial charge < -0.3 is 14.8 Å². The van der Waals surface area contributed by atoms with Gasteiger partial charge in [0.05, 0.1) is 38.7 Å². The summed E-state index contributed by atoms with van der Waals surface area (Å²) in [6, 6.07) is 17.7. The number of nitrogens with zero attached hydrogens (tertiary/aromatic N) is 1. The van der Waals surface area contributed by atoms with Gasteiger partial charge >= 0.3 is 0 Å². The number of rotatable bonds is 9. The molecule has 1 atom stereocenters. The molecule has 0 aliphatic carbocycles. The van der Waals surface area contributed by atoms with Crippen LogP contribution in [0.25, 0.3) is 0 Å². The predicted molar refractivity (Wildman–Crippen MR) is 139 cm³/mol. The lowest BCUT2D eigenvalue weighted by atomic mass is 10.1. The molecule has 35 heavy (non-hydrogen) atoms. The lowest BCUT2D eigenvalue weighted by Crippen LogP contribution is -2.29. The Morgan fingerprint density at radius 1 is 0.943 bits per heavy atom. The van der Waals surface area contributed by atoms with Gasteiger partial charge in [-0.3, -0.25) is 9.10 Å². The van der Waals surface area contributed by atoms with E-state index in [4.69, 9.17) is 9.47 Å². The Kier molecular flexibility index (Phi) is 8.07. The molecule has 8 heteroatoms. The second kappa shape index (κ2) is 10.8. The molecular weight excluding hydrogens is 464 g/mol. The molecule has 7 nitrogen and oxygen atoms in total. The zero-order chi connectivity index (χ0) is 25.8. The summed E-state index contributed by atoms with van der Waals surface area (Å²) in [4.78, 5) is 12.9. The van der Waals surface area contributed by atoms with Gasteiger partial charge in [-0.2, -0.15) is 0 Å². The summed E-state index contributed by atoms with van der Waals surface area (Å²) in [5.74, 6) is 1.08. The summed E-state index contributed by atoms with van der Waals surface area (Å²) in [6.07, 6.45) is 1.20. The van der Waals surface area contributed by atoms with Crippen LogP contribution in [0.5, 0.6) is 11.5 Å². The molecule has 0 aromatic heterocycles. The second-order valence-corrected chi connectivity index (χ2v) is 10.5. The molecule has 186 valence electrons. The van der Waals surface area contributed by atoms with Crippen molar-refractivity contribution in [3.63, 3.8) is 0 Å². The number of sulfonamides is 1. The number of benzene rings is 3. The summed E-state index contributed by atoms with van der Waals surface area (Å²) in [5, 5.41) is 2.98. The van der Waals surface area contributed by atoms with Gasteiger partial charge in [0.25, 0.3) is 5.91 Å². The van der Waals surface area contributed by atoms with E-state index in [-0.39, 0.29) is 18.5 Å². The third-order valence-corrected chi connectivity index (χ3v) is 6.83. The van der Waals surface area contributed by atoms with Gasteiger partial charge in [-0.25, -0.2) is 8.42 Å². The molecule has 0 saturated heterocycles. The molecule has 3 aromatic carbocycles. The van der Waals surface area contributed by atoms with Crippen molar-refractivity contribution >= 4 is 21.6 Å². The van der Waals surface area contributed by atoms with Gasteiger partial charge in [-0.15, -0.1) is 0 Å². The van der Waals surface area contributed by atoms with Crippen LogP contribution in [0, 0.1) is 13.8 Å². The van der Waals surface area contributed by atoms with E-state index in [9.17, 15) is 13.2 Å². The van der Waals surface area contributed by atoms with Crippen molar-refractivity contribution in [1.82, 2.24) is 5.32 Å². The van der Waals surface area contributed by atoms with Crippen LogP contribution in [-0.2, 0) is 16.6 Å². The molecule has 1 amide bonds. The summed E-state index contributed by atoms with van der Waals surface area (Å²) < 4.78 is 37.2. The fourth-order valence-corrected chi connectivity index (χ4v) is 4.83. The lowest BCUT2D eigenvalue weighted by molar-refractivity contribution is 0.0939. The maximum absolute atomic E-state index is 12.9. The number of carbonyl (C=O) groups is 1. The van der Waals surface area contributed by atoms with Gasteiger partial charge in [0, 0.05) is 11.1 Å². The summed E-state index contributed by atoms with van der Waals surface area (Å²) in [7, 11) is -0.339. The number of anilines is 1. The summed E-state index contributed by atoms with van der Waals surface area (Å²) in [6.45, 7) is 5.91. The molecule has 0 bridgehead atoms. The Hall–Kier alpha value is -3.52. The normalized spacial score (nSPS) is 12.1. The highest BCUT2D eigenvalue weighted by Crippen LogP contribution is 2.29. The van der Waals surface area contributed by atoms with Crippen LogP contribution in [-0.4, -0.2) is 34.8 Å². The average molecular weight is 497 g/mol. The number of amides is 1. The quantitative estimate of drug-likeness (QED) is 0.461. The van der Waals surface area contributed by atoms with Crippen molar-refractivity contribution in [2.24, 2.45) is 0 Å². The first-order valence-corrected chi connectivity index (χ1v) is 13.0. The van der Waals surface area contributed by atoms with Gasteiger partial charge in [-0.05, 0) is 79.9 Å². The van der Waals surface area contributed by atoms with Crippen LogP contribution in [0.1, 0.15) is 45.6 Å². The van der Waals surface area contributed by atoms with E-state index in [0.29, 0.717) is 22.7 Å². The van der Waals surface area contributed by atoms with Crippen molar-refractivity contribution < 1.29 is 22.7 Å². The third kappa shape index (κ3) is 6.54. The van der Waals surface area contributed by atoms with E-state index in [0.717, 1.165) is 22.3 Å². The van der Waals surface area contributed by atoms with Gasteiger partial charge in [0.2, 0.25) is 10.0 Å². The second-order valence-electron chi connectivity index (χ2n) is 8.62. The van der Waals surface area contributed by atoms with Gasteiger partial charge in [0.1, 0.15) is 11.5 Å². The number of nitrogens with one attached hydrogen (secondary N) is 1. The summed E-state index contributed by atoms with van der Waals surface area (Å²) in [5.41, 5.74) is 4.64. The standard InChI is InChI=1S/C27H32N2O5S/c1-18-13-19(2)15-23(14-18)29(35(6,31)32)17-21-7-9-22(10-8-21)27(30)28-20(3)25-16-24(33-4)11-12-26(25)34-5/h7-16,20H,17H2,1-6H3,(H,28,30). The molecule has 0 radical (unpaired) electrons. The van der Waals surface area contributed by atoms with Gasteiger partial charge in [0.15, 0.2) is 0 Å². The van der Waals surface area contributed by atoms with Crippen LogP contribution in [0.4, 0.5) is 5.69 Å². The maximum atomic E-state index is 12.9. The monoisotopic (exact) mass is 496 g/mol. The zero-order valence-electron chi connectivity index (χ0n) is 21.0. The highest BCUT2D eigenvalue weighted by atomic mass is 32.2. The molecule has 1 N–H and O–H groups in total. The Bertz CT molecular complexity index is 1280. The van der Waals surface area contributed by atoms with Gasteiger partial charge in [-0.1, -0.05) is 18.2 Å². The van der Waals surface area contributed by atoms with E-state index >= 15 is 0 Å². The van der Waals surface area contributed by atoms with E-state index in [2.05, 4.69) is 5.32 Å². The first-order chi connectivity index (χ1) is 16.5. The Morgan fingerprint density at radius 3 is 2.11 bits per heavy atom. The fourth-order valence-electron chi connectivity index (χ4n) is 3.96. The van der Waals surface area contributed by atoms with Crippen molar-refractivity contribution in [2.75, 3.05) is 24.8 Å². The van der Waals surface area contributed by atoms with Crippen molar-refractivity contribution in [3.05, 3.63) is 88.5 Å². The molecule has 0 aliphatic rings. The maximum Gasteiger partial charge on any atom is 0.251 e. The first kappa shape index (κ1) is 26.1. The number of methoxy groups -OCH3 is 2. The zero-order valence-corrected chi connectivity index (χ0v) is 21.8. The molecule has 3 aromatic rings. The Labute approximate surface area is 207 Å². The molecule has 0 fully saturated rings. The Morgan fingerprint density at radius 2 is 1.57 bits per heavy atom. The van der Waals surface area contributed by atoms with E-state index in [1.54, 1.807) is 50.6 Å². The highest BCUT2D eigenvalue weighted by Gasteiger charge is 2.20. The molecule has 0 heterocycles. The summed E-state index contributed by atoms with van der Waals surface area (Å²) >= 11 is 0. The van der Waals surface area contributed by atoms with Crippen molar-refractivity contribution in [2.45, 2.75) is 33.4 Å². The van der Waals surface area contributed by atoms with Crippen molar-refractivity contribution in [1.29, 1.82) is 0 Å². The van der Waals surface area contributed by atoms with Crippen LogP contribution in [0.3, 0.4) is 0 Å². The average Bonchev–Trinajstić information content (AvgIpc) is 2.80. The van der Waals surface area contributed by atoms with Crippen LogP contribution >= 0.6 is 0 Å². The van der Waals surface area contributed by atoms with Crippen LogP contribution in [0.15, 0.2) is 60.7 Å². The largest absolute Gasteiger partial charge is 0.497 e. The highest BCUT2D eigenvalue weighted by molar-refractivity contribution is 7.92. The molecule has 0 aliphatic heterocycles. The predicted octanol–water partition coefficient (Wildman–Crippen LogP) is 4.78. The van der Waals surface area contributed by atoms with E-state index in [1.807, 2.05) is 45.0 Å². The third-order valence-electron chi connectivity index (χ3n) is 5.69. The minimum absolute atomic E-state index is 0.168. The number of aryl methyl sites for hydroxylation is 2. The smallest absolute Gasteiger partial charge is 0.251 e. The van der Waals surface area contributed by atoms with Crippen LogP contribution in [0.2, 0.25) is 0 Å². The number of ether oxygens (including phenoxy) is 2. The minimum Gasteiger partial charge on any atom is -0.497 e. The van der Waals surface area contributed by atoms with Crippen molar-refractivity contribution in [3.8, 4) is 11.5 Å².